The standard InChI is InChI=1S/C28H31F3N2O4/c29-28(30,31)37-20-15-13-18(14-16-20)27(36)33-23-10-2-1-8-21(23)26(22-9-4-11-24(22)33)32(19-6-3-7-19)17-5-12-25(34)35/h1-2,8,10,13-16,19,22,24,26H,3-7,9,11-12,17H2,(H,34,35)/t22-,24+,26-/m0/s1. The molecule has 0 spiro atoms. The lowest BCUT2D eigenvalue weighted by atomic mass is 9.78. The number of rotatable bonds is 8. The van der Waals surface area contributed by atoms with E-state index < -0.39 is 12.3 Å². The van der Waals surface area contributed by atoms with Gasteiger partial charge in [-0.3, -0.25) is 14.5 Å². The van der Waals surface area contributed by atoms with Crippen LogP contribution < -0.4 is 9.64 Å². The van der Waals surface area contributed by atoms with Crippen molar-refractivity contribution in [2.24, 2.45) is 5.92 Å². The molecule has 2 fully saturated rings. The second-order valence-electron chi connectivity index (χ2n) is 10.2. The maximum Gasteiger partial charge on any atom is 0.573 e. The number of benzene rings is 2. The van der Waals surface area contributed by atoms with Crippen LogP contribution in [0, 0.1) is 5.92 Å². The van der Waals surface area contributed by atoms with Crippen LogP contribution in [-0.2, 0) is 4.79 Å². The maximum atomic E-state index is 13.8. The number of alkyl halides is 3. The van der Waals surface area contributed by atoms with Gasteiger partial charge in [-0.15, -0.1) is 13.2 Å². The fraction of sp³-hybridized carbons (Fsp3) is 0.500. The first-order valence-corrected chi connectivity index (χ1v) is 13.0. The molecule has 2 aromatic rings. The predicted molar refractivity (Wildman–Crippen MR) is 131 cm³/mol. The number of hydrogen-bond acceptors (Lipinski definition) is 4. The molecule has 0 radical (unpaired) electrons. The number of carboxylic acid groups (broad SMARTS) is 1. The number of carbonyl (C=O) groups excluding carboxylic acids is 1. The Bertz CT molecular complexity index is 1130. The van der Waals surface area contributed by atoms with Gasteiger partial charge in [-0.25, -0.2) is 0 Å². The van der Waals surface area contributed by atoms with Crippen LogP contribution in [0.4, 0.5) is 18.9 Å². The largest absolute Gasteiger partial charge is 0.573 e. The zero-order valence-corrected chi connectivity index (χ0v) is 20.5. The van der Waals surface area contributed by atoms with Crippen LogP contribution in [0.1, 0.15) is 73.3 Å². The van der Waals surface area contributed by atoms with Crippen LogP contribution in [-0.4, -0.2) is 46.9 Å². The number of carbonyl (C=O) groups is 2. The number of halogens is 3. The summed E-state index contributed by atoms with van der Waals surface area (Å²) >= 11 is 0. The number of carboxylic acids is 1. The van der Waals surface area contributed by atoms with Gasteiger partial charge in [0.15, 0.2) is 0 Å². The van der Waals surface area contributed by atoms with Gasteiger partial charge in [0.2, 0.25) is 0 Å². The van der Waals surface area contributed by atoms with Crippen molar-refractivity contribution in [3.63, 3.8) is 0 Å². The second kappa shape index (κ2) is 10.4. The fourth-order valence-corrected chi connectivity index (χ4v) is 6.33. The van der Waals surface area contributed by atoms with E-state index >= 15 is 0 Å². The van der Waals surface area contributed by atoms with Crippen molar-refractivity contribution < 1.29 is 32.6 Å². The molecule has 1 N–H and O–H groups in total. The number of anilines is 1. The summed E-state index contributed by atoms with van der Waals surface area (Å²) in [5, 5.41) is 9.21. The zero-order valence-electron chi connectivity index (χ0n) is 20.5. The van der Waals surface area contributed by atoms with Crippen LogP contribution >= 0.6 is 0 Å². The summed E-state index contributed by atoms with van der Waals surface area (Å²) in [6.45, 7) is 0.702. The molecule has 6 nitrogen and oxygen atoms in total. The number of aliphatic carboxylic acids is 1. The Hall–Kier alpha value is -3.07. The molecule has 1 amide bonds. The predicted octanol–water partition coefficient (Wildman–Crippen LogP) is 6.17. The van der Waals surface area contributed by atoms with Gasteiger partial charge < -0.3 is 14.7 Å². The second-order valence-corrected chi connectivity index (χ2v) is 10.2. The van der Waals surface area contributed by atoms with E-state index in [-0.39, 0.29) is 36.1 Å². The van der Waals surface area contributed by atoms with Crippen LogP contribution in [0.3, 0.4) is 0 Å². The first kappa shape index (κ1) is 25.6. The van der Waals surface area contributed by atoms with Crippen LogP contribution in [0.5, 0.6) is 5.75 Å². The van der Waals surface area contributed by atoms with Crippen molar-refractivity contribution in [2.45, 2.75) is 75.9 Å². The summed E-state index contributed by atoms with van der Waals surface area (Å²) in [7, 11) is 0. The molecule has 198 valence electrons. The number of para-hydroxylation sites is 1. The van der Waals surface area contributed by atoms with Crippen molar-refractivity contribution in [1.82, 2.24) is 4.90 Å². The monoisotopic (exact) mass is 516 g/mol. The Morgan fingerprint density at radius 3 is 2.35 bits per heavy atom. The Balaban J connectivity index is 1.47. The summed E-state index contributed by atoms with van der Waals surface area (Å²) in [6, 6.07) is 13.5. The molecule has 2 aliphatic carbocycles. The minimum Gasteiger partial charge on any atom is -0.481 e. The van der Waals surface area contributed by atoms with E-state index in [0.29, 0.717) is 24.6 Å². The van der Waals surface area contributed by atoms with E-state index in [2.05, 4.69) is 15.7 Å². The minimum absolute atomic E-state index is 0.0273. The van der Waals surface area contributed by atoms with Gasteiger partial charge >= 0.3 is 12.3 Å². The van der Waals surface area contributed by atoms with E-state index in [4.69, 9.17) is 0 Å². The number of ether oxygens (including phenoxy) is 1. The number of amides is 1. The quantitative estimate of drug-likeness (QED) is 0.454. The molecule has 3 atom stereocenters. The van der Waals surface area contributed by atoms with E-state index in [1.807, 2.05) is 23.1 Å². The van der Waals surface area contributed by atoms with Crippen molar-refractivity contribution in [2.75, 3.05) is 11.4 Å². The Kier molecular flexibility index (Phi) is 7.16. The molecule has 0 bridgehead atoms. The topological polar surface area (TPSA) is 70.1 Å². The molecule has 3 aliphatic rings. The highest BCUT2D eigenvalue weighted by Crippen LogP contribution is 2.52. The van der Waals surface area contributed by atoms with Crippen molar-refractivity contribution >= 4 is 17.6 Å². The number of hydrogen-bond donors (Lipinski definition) is 1. The average molecular weight is 517 g/mol. The first-order chi connectivity index (χ1) is 17.7. The summed E-state index contributed by atoms with van der Waals surface area (Å²) < 4.78 is 41.7. The third kappa shape index (κ3) is 5.32. The van der Waals surface area contributed by atoms with Gasteiger partial charge in [0, 0.05) is 35.8 Å². The van der Waals surface area contributed by atoms with Gasteiger partial charge in [-0.2, -0.15) is 0 Å². The van der Waals surface area contributed by atoms with Gasteiger partial charge in [0.05, 0.1) is 0 Å². The molecular weight excluding hydrogens is 485 g/mol. The van der Waals surface area contributed by atoms with Gasteiger partial charge in [-0.1, -0.05) is 31.0 Å². The van der Waals surface area contributed by atoms with Crippen molar-refractivity contribution in [3.8, 4) is 5.75 Å². The van der Waals surface area contributed by atoms with E-state index in [1.165, 1.54) is 30.7 Å². The lowest BCUT2D eigenvalue weighted by molar-refractivity contribution is -0.274. The third-order valence-electron chi connectivity index (χ3n) is 8.05. The normalized spacial score (nSPS) is 23.4. The Labute approximate surface area is 214 Å². The number of fused-ring (bicyclic) bond motifs is 2. The average Bonchev–Trinajstić information content (AvgIpc) is 3.29. The molecular formula is C28H31F3N2O4. The molecule has 9 heteroatoms. The highest BCUT2D eigenvalue weighted by atomic mass is 19.4. The zero-order chi connectivity index (χ0) is 26.2. The molecule has 1 aliphatic heterocycles. The summed E-state index contributed by atoms with van der Waals surface area (Å²) in [5.74, 6) is -1.18. The molecule has 5 rings (SSSR count). The molecule has 1 heterocycles. The van der Waals surface area contributed by atoms with E-state index in [9.17, 15) is 27.9 Å². The van der Waals surface area contributed by atoms with Gasteiger partial charge in [0.25, 0.3) is 5.91 Å². The minimum atomic E-state index is -4.79. The van der Waals surface area contributed by atoms with E-state index in [1.54, 1.807) is 0 Å². The molecule has 2 saturated carbocycles. The van der Waals surface area contributed by atoms with Crippen molar-refractivity contribution in [3.05, 3.63) is 59.7 Å². The number of nitrogens with zero attached hydrogens (tertiary/aromatic N) is 2. The van der Waals surface area contributed by atoms with Crippen LogP contribution in [0.15, 0.2) is 48.5 Å². The van der Waals surface area contributed by atoms with Crippen LogP contribution in [0.2, 0.25) is 0 Å². The maximum absolute atomic E-state index is 13.8. The smallest absolute Gasteiger partial charge is 0.481 e. The lowest BCUT2D eigenvalue weighted by Gasteiger charge is -2.51. The van der Waals surface area contributed by atoms with Crippen molar-refractivity contribution in [1.29, 1.82) is 0 Å². The molecule has 37 heavy (non-hydrogen) atoms. The summed E-state index contributed by atoms with van der Waals surface area (Å²) in [6.07, 6.45) is 2.08. The molecule has 2 aromatic carbocycles. The van der Waals surface area contributed by atoms with Crippen LogP contribution in [0.25, 0.3) is 0 Å². The molecule has 0 unspecified atom stereocenters. The third-order valence-corrected chi connectivity index (χ3v) is 8.05. The van der Waals surface area contributed by atoms with Gasteiger partial charge in [-0.05, 0) is 80.5 Å². The molecule has 0 aromatic heterocycles. The highest BCUT2D eigenvalue weighted by Gasteiger charge is 2.49. The van der Waals surface area contributed by atoms with E-state index in [0.717, 1.165) is 43.4 Å². The highest BCUT2D eigenvalue weighted by molar-refractivity contribution is 6.07. The van der Waals surface area contributed by atoms with Gasteiger partial charge in [0.1, 0.15) is 5.75 Å². The lowest BCUT2D eigenvalue weighted by Crippen LogP contribution is -2.54. The fourth-order valence-electron chi connectivity index (χ4n) is 6.33. The Morgan fingerprint density at radius 1 is 1.00 bits per heavy atom. The summed E-state index contributed by atoms with van der Waals surface area (Å²) in [5.41, 5.74) is 2.21. The SMILES string of the molecule is O=C(O)CCCN(C1CCC1)[C@H]1c2ccccc2N(C(=O)c2ccc(OC(F)(F)F)cc2)[C@@H]2CCC[C@@H]21. The molecule has 0 saturated heterocycles. The summed E-state index contributed by atoms with van der Waals surface area (Å²) in [4.78, 5) is 29.4. The Morgan fingerprint density at radius 2 is 1.70 bits per heavy atom. The first-order valence-electron chi connectivity index (χ1n) is 13.0.